The predicted octanol–water partition coefficient (Wildman–Crippen LogP) is 3.69. The number of rotatable bonds is 7. The van der Waals surface area contributed by atoms with Gasteiger partial charge in [0.25, 0.3) is 0 Å². The highest BCUT2D eigenvalue weighted by atomic mass is 19.1. The van der Waals surface area contributed by atoms with Gasteiger partial charge in [0.1, 0.15) is 11.6 Å². The minimum atomic E-state index is -0.250. The van der Waals surface area contributed by atoms with E-state index >= 15 is 0 Å². The first-order chi connectivity index (χ1) is 13.5. The molecule has 3 rings (SSSR count). The van der Waals surface area contributed by atoms with Crippen LogP contribution in [0.4, 0.5) is 4.39 Å². The van der Waals surface area contributed by atoms with Gasteiger partial charge in [-0.25, -0.2) is 9.37 Å². The average Bonchev–Trinajstić information content (AvgIpc) is 3.03. The molecule has 1 atom stereocenters. The van der Waals surface area contributed by atoms with Crippen LogP contribution in [0.5, 0.6) is 0 Å². The minimum absolute atomic E-state index is 0.120. The van der Waals surface area contributed by atoms with Gasteiger partial charge in [0.15, 0.2) is 0 Å². The largest absolute Gasteiger partial charge is 0.334 e. The Hall–Kier alpha value is -2.21. The first-order valence-electron chi connectivity index (χ1n) is 10.2. The second-order valence-electron chi connectivity index (χ2n) is 7.98. The molecular formula is C22H31FN4O. The fraction of sp³-hybridized carbons (Fsp3) is 0.545. The van der Waals surface area contributed by atoms with Crippen LogP contribution in [0.1, 0.15) is 45.0 Å². The maximum atomic E-state index is 13.2. The molecule has 1 aliphatic rings. The zero-order chi connectivity index (χ0) is 20.1. The Kier molecular flexibility index (Phi) is 6.83. The Balaban J connectivity index is 1.75. The van der Waals surface area contributed by atoms with E-state index in [4.69, 9.17) is 0 Å². The van der Waals surface area contributed by atoms with Crippen LogP contribution in [0.2, 0.25) is 0 Å². The van der Waals surface area contributed by atoms with Gasteiger partial charge < -0.3 is 9.47 Å². The molecule has 0 saturated carbocycles. The van der Waals surface area contributed by atoms with Crippen molar-refractivity contribution in [2.45, 2.75) is 59.3 Å². The molecule has 1 aliphatic heterocycles. The molecule has 1 amide bonds. The molecule has 0 aliphatic carbocycles. The summed E-state index contributed by atoms with van der Waals surface area (Å²) in [6.45, 7) is 10.3. The predicted molar refractivity (Wildman–Crippen MR) is 108 cm³/mol. The number of hydrogen-bond acceptors (Lipinski definition) is 3. The van der Waals surface area contributed by atoms with E-state index in [0.717, 1.165) is 44.0 Å². The van der Waals surface area contributed by atoms with E-state index in [9.17, 15) is 9.18 Å². The molecule has 0 N–H and O–H groups in total. The van der Waals surface area contributed by atoms with Gasteiger partial charge in [0, 0.05) is 51.0 Å². The normalized spacial score (nSPS) is 18.7. The van der Waals surface area contributed by atoms with Crippen molar-refractivity contribution < 1.29 is 9.18 Å². The minimum Gasteiger partial charge on any atom is -0.334 e. The molecule has 0 unspecified atom stereocenters. The maximum Gasteiger partial charge on any atom is 0.224 e. The van der Waals surface area contributed by atoms with Crippen LogP contribution in [0.25, 0.3) is 0 Å². The highest BCUT2D eigenvalue weighted by molar-refractivity contribution is 5.77. The number of benzene rings is 1. The summed E-state index contributed by atoms with van der Waals surface area (Å²) in [5.74, 6) is 1.31. The molecule has 2 aromatic rings. The molecule has 0 spiro atoms. The summed E-state index contributed by atoms with van der Waals surface area (Å²) >= 11 is 0. The summed E-state index contributed by atoms with van der Waals surface area (Å²) < 4.78 is 15.4. The number of aromatic nitrogens is 2. The van der Waals surface area contributed by atoms with Crippen molar-refractivity contribution in [3.63, 3.8) is 0 Å². The standard InChI is InChI=1S/C22H31FN4O/c1-4-11-26-13-10-24-21(26)16-25-12-9-22(28)27(20(15-25)17(2)3)14-18-5-7-19(23)8-6-18/h5-8,10,13,17,20H,4,9,11-12,14-16H2,1-3H3/t20-/m0/s1. The molecule has 1 saturated heterocycles. The lowest BCUT2D eigenvalue weighted by Gasteiger charge is -2.35. The first-order valence-corrected chi connectivity index (χ1v) is 10.2. The molecule has 28 heavy (non-hydrogen) atoms. The lowest BCUT2D eigenvalue weighted by Crippen LogP contribution is -2.46. The molecule has 6 heteroatoms. The summed E-state index contributed by atoms with van der Waals surface area (Å²) in [5.41, 5.74) is 0.965. The molecule has 0 radical (unpaired) electrons. The van der Waals surface area contributed by atoms with Crippen molar-refractivity contribution >= 4 is 5.91 Å². The molecule has 152 valence electrons. The molecule has 1 fully saturated rings. The Morgan fingerprint density at radius 2 is 1.96 bits per heavy atom. The van der Waals surface area contributed by atoms with E-state index < -0.39 is 0 Å². The third-order valence-corrected chi connectivity index (χ3v) is 5.47. The fourth-order valence-corrected chi connectivity index (χ4v) is 3.88. The number of nitrogens with zero attached hydrogens (tertiary/aromatic N) is 4. The Morgan fingerprint density at radius 3 is 2.64 bits per heavy atom. The number of halogens is 1. The van der Waals surface area contributed by atoms with Gasteiger partial charge >= 0.3 is 0 Å². The van der Waals surface area contributed by atoms with Crippen LogP contribution in [0.15, 0.2) is 36.7 Å². The maximum absolute atomic E-state index is 13.2. The number of amides is 1. The van der Waals surface area contributed by atoms with Crippen LogP contribution >= 0.6 is 0 Å². The molecular weight excluding hydrogens is 355 g/mol. The monoisotopic (exact) mass is 386 g/mol. The van der Waals surface area contributed by atoms with Gasteiger partial charge in [0.05, 0.1) is 6.54 Å². The quantitative estimate of drug-likeness (QED) is 0.729. The van der Waals surface area contributed by atoms with Gasteiger partial charge in [-0.15, -0.1) is 0 Å². The van der Waals surface area contributed by atoms with Crippen LogP contribution in [-0.2, 0) is 24.4 Å². The molecule has 1 aromatic heterocycles. The van der Waals surface area contributed by atoms with E-state index in [1.54, 1.807) is 12.1 Å². The summed E-state index contributed by atoms with van der Waals surface area (Å²) in [5, 5.41) is 0. The van der Waals surface area contributed by atoms with Crippen LogP contribution < -0.4 is 0 Å². The summed E-state index contributed by atoms with van der Waals surface area (Å²) in [6, 6.07) is 6.58. The Labute approximate surface area is 167 Å². The van der Waals surface area contributed by atoms with E-state index in [1.807, 2.05) is 17.3 Å². The molecule has 1 aromatic carbocycles. The third kappa shape index (κ3) is 4.98. The summed E-state index contributed by atoms with van der Waals surface area (Å²) in [7, 11) is 0. The smallest absolute Gasteiger partial charge is 0.224 e. The number of imidazole rings is 1. The van der Waals surface area contributed by atoms with Crippen molar-refractivity contribution in [2.24, 2.45) is 5.92 Å². The second kappa shape index (κ2) is 9.32. The van der Waals surface area contributed by atoms with Gasteiger partial charge in [-0.3, -0.25) is 9.69 Å². The third-order valence-electron chi connectivity index (χ3n) is 5.47. The Bertz CT molecular complexity index is 771. The highest BCUT2D eigenvalue weighted by Gasteiger charge is 2.32. The number of hydrogen-bond donors (Lipinski definition) is 0. The molecule has 0 bridgehead atoms. The zero-order valence-electron chi connectivity index (χ0n) is 17.1. The van der Waals surface area contributed by atoms with Crippen molar-refractivity contribution in [3.05, 3.63) is 53.9 Å². The molecule has 2 heterocycles. The van der Waals surface area contributed by atoms with Crippen LogP contribution in [0, 0.1) is 11.7 Å². The average molecular weight is 387 g/mol. The SMILES string of the molecule is CCCn1ccnc1CN1CCC(=O)N(Cc2ccc(F)cc2)[C@H](C(C)C)C1. The number of carbonyl (C=O) groups is 1. The topological polar surface area (TPSA) is 41.4 Å². The number of aryl methyl sites for hydroxylation is 1. The van der Waals surface area contributed by atoms with Gasteiger partial charge in [-0.2, -0.15) is 0 Å². The fourth-order valence-electron chi connectivity index (χ4n) is 3.88. The van der Waals surface area contributed by atoms with E-state index in [2.05, 4.69) is 35.2 Å². The van der Waals surface area contributed by atoms with E-state index in [0.29, 0.717) is 18.9 Å². The van der Waals surface area contributed by atoms with Crippen molar-refractivity contribution in [2.75, 3.05) is 13.1 Å². The summed E-state index contributed by atoms with van der Waals surface area (Å²) in [6.07, 6.45) is 5.46. The van der Waals surface area contributed by atoms with Gasteiger partial charge in [-0.1, -0.05) is 32.9 Å². The van der Waals surface area contributed by atoms with Crippen molar-refractivity contribution in [1.82, 2.24) is 19.4 Å². The van der Waals surface area contributed by atoms with Gasteiger partial charge in [-0.05, 0) is 30.0 Å². The van der Waals surface area contributed by atoms with Crippen LogP contribution in [0.3, 0.4) is 0 Å². The lowest BCUT2D eigenvalue weighted by atomic mass is 10.0. The number of carbonyl (C=O) groups excluding carboxylic acids is 1. The summed E-state index contributed by atoms with van der Waals surface area (Å²) in [4.78, 5) is 21.8. The molecule has 5 nitrogen and oxygen atoms in total. The van der Waals surface area contributed by atoms with Crippen molar-refractivity contribution in [1.29, 1.82) is 0 Å². The second-order valence-corrected chi connectivity index (χ2v) is 7.98. The van der Waals surface area contributed by atoms with E-state index in [1.165, 1.54) is 12.1 Å². The highest BCUT2D eigenvalue weighted by Crippen LogP contribution is 2.22. The van der Waals surface area contributed by atoms with Crippen molar-refractivity contribution in [3.8, 4) is 0 Å². The lowest BCUT2D eigenvalue weighted by molar-refractivity contribution is -0.134. The van der Waals surface area contributed by atoms with Crippen LogP contribution in [-0.4, -0.2) is 44.4 Å². The van der Waals surface area contributed by atoms with Gasteiger partial charge in [0.2, 0.25) is 5.91 Å². The van der Waals surface area contributed by atoms with E-state index in [-0.39, 0.29) is 17.8 Å². The first kappa shape index (κ1) is 20.5. The Morgan fingerprint density at radius 1 is 1.21 bits per heavy atom. The zero-order valence-corrected chi connectivity index (χ0v) is 17.1.